The molecule has 2 aromatic heterocycles. The lowest BCUT2D eigenvalue weighted by Crippen LogP contribution is -2.41. The maximum atomic E-state index is 12.9. The van der Waals surface area contributed by atoms with E-state index in [2.05, 4.69) is 4.98 Å². The summed E-state index contributed by atoms with van der Waals surface area (Å²) >= 11 is 0. The lowest BCUT2D eigenvalue weighted by Gasteiger charge is -2.31. The lowest BCUT2D eigenvalue weighted by molar-refractivity contribution is 0.0557. The number of aryl methyl sites for hydroxylation is 1. The van der Waals surface area contributed by atoms with Crippen LogP contribution in [0.1, 0.15) is 60.0 Å². The smallest absolute Gasteiger partial charge is 0.255 e. The molecule has 0 aliphatic carbocycles. The molecule has 0 spiro atoms. The molecule has 24 heavy (non-hydrogen) atoms. The maximum Gasteiger partial charge on any atom is 0.255 e. The van der Waals surface area contributed by atoms with Crippen molar-refractivity contribution in [2.45, 2.75) is 51.2 Å². The molecule has 1 aliphatic heterocycles. The SMILES string of the molecule is Cc1ccc(C(=O)N2CCCCC[C@@H]2C[C@@H](O)c2ccco2)cn1. The summed E-state index contributed by atoms with van der Waals surface area (Å²) in [6.07, 6.45) is 7.11. The average Bonchev–Trinajstić information content (AvgIpc) is 3.03. The minimum atomic E-state index is -0.686. The Balaban J connectivity index is 1.76. The number of aliphatic hydroxyl groups is 1. The molecular formula is C19H24N2O3. The predicted molar refractivity (Wildman–Crippen MR) is 90.6 cm³/mol. The van der Waals surface area contributed by atoms with Crippen LogP contribution in [0.5, 0.6) is 0 Å². The van der Waals surface area contributed by atoms with Crippen molar-refractivity contribution in [2.75, 3.05) is 6.54 Å². The molecule has 3 heterocycles. The first-order valence-electron chi connectivity index (χ1n) is 8.60. The normalized spacial score (nSPS) is 19.8. The number of hydrogen-bond acceptors (Lipinski definition) is 4. The first-order chi connectivity index (χ1) is 11.6. The molecule has 5 heteroatoms. The Bertz CT molecular complexity index is 652. The highest BCUT2D eigenvalue weighted by molar-refractivity contribution is 5.94. The fourth-order valence-electron chi connectivity index (χ4n) is 3.30. The molecule has 0 bridgehead atoms. The van der Waals surface area contributed by atoms with Crippen LogP contribution in [0.3, 0.4) is 0 Å². The molecule has 0 aromatic carbocycles. The second-order valence-corrected chi connectivity index (χ2v) is 6.46. The molecule has 0 saturated carbocycles. The van der Waals surface area contributed by atoms with Gasteiger partial charge in [0.05, 0.1) is 11.8 Å². The minimum Gasteiger partial charge on any atom is -0.467 e. The third kappa shape index (κ3) is 3.85. The molecule has 5 nitrogen and oxygen atoms in total. The average molecular weight is 328 g/mol. The van der Waals surface area contributed by atoms with Crippen molar-refractivity contribution in [3.63, 3.8) is 0 Å². The second kappa shape index (κ2) is 7.62. The Morgan fingerprint density at radius 1 is 1.38 bits per heavy atom. The summed E-state index contributed by atoms with van der Waals surface area (Å²) in [6.45, 7) is 2.63. The van der Waals surface area contributed by atoms with Crippen molar-refractivity contribution < 1.29 is 14.3 Å². The van der Waals surface area contributed by atoms with Gasteiger partial charge in [0.25, 0.3) is 5.91 Å². The number of pyridine rings is 1. The van der Waals surface area contributed by atoms with Gasteiger partial charge in [-0.15, -0.1) is 0 Å². The molecular weight excluding hydrogens is 304 g/mol. The zero-order valence-electron chi connectivity index (χ0n) is 14.0. The topological polar surface area (TPSA) is 66.6 Å². The quantitative estimate of drug-likeness (QED) is 0.933. The van der Waals surface area contributed by atoms with Gasteiger partial charge in [-0.05, 0) is 44.0 Å². The molecule has 128 valence electrons. The zero-order valence-corrected chi connectivity index (χ0v) is 14.0. The molecule has 1 aliphatic rings. The predicted octanol–water partition coefficient (Wildman–Crippen LogP) is 3.49. The number of hydrogen-bond donors (Lipinski definition) is 1. The molecule has 1 N–H and O–H groups in total. The van der Waals surface area contributed by atoms with E-state index >= 15 is 0 Å². The van der Waals surface area contributed by atoms with Crippen molar-refractivity contribution in [1.82, 2.24) is 9.88 Å². The summed E-state index contributed by atoms with van der Waals surface area (Å²) in [5, 5.41) is 10.4. The van der Waals surface area contributed by atoms with Gasteiger partial charge >= 0.3 is 0 Å². The fourth-order valence-corrected chi connectivity index (χ4v) is 3.30. The fraction of sp³-hybridized carbons (Fsp3) is 0.474. The van der Waals surface area contributed by atoms with Gasteiger partial charge in [-0.2, -0.15) is 0 Å². The van der Waals surface area contributed by atoms with Crippen LogP contribution in [0.15, 0.2) is 41.1 Å². The van der Waals surface area contributed by atoms with E-state index < -0.39 is 6.10 Å². The van der Waals surface area contributed by atoms with Crippen molar-refractivity contribution in [2.24, 2.45) is 0 Å². The molecule has 3 rings (SSSR count). The minimum absolute atomic E-state index is 0.000967. The van der Waals surface area contributed by atoms with Crippen LogP contribution in [0, 0.1) is 6.92 Å². The molecule has 2 atom stereocenters. The van der Waals surface area contributed by atoms with Crippen molar-refractivity contribution in [1.29, 1.82) is 0 Å². The lowest BCUT2D eigenvalue weighted by atomic mass is 10.0. The molecule has 1 saturated heterocycles. The first kappa shape index (κ1) is 16.7. The zero-order chi connectivity index (χ0) is 16.9. The summed E-state index contributed by atoms with van der Waals surface area (Å²) in [7, 11) is 0. The molecule has 2 aromatic rings. The van der Waals surface area contributed by atoms with Crippen LogP contribution in [0.25, 0.3) is 0 Å². The Kier molecular flexibility index (Phi) is 5.30. The van der Waals surface area contributed by atoms with Crippen LogP contribution in [-0.2, 0) is 0 Å². The molecule has 1 amide bonds. The van der Waals surface area contributed by atoms with E-state index in [1.807, 2.05) is 24.0 Å². The van der Waals surface area contributed by atoms with E-state index in [-0.39, 0.29) is 11.9 Å². The number of furan rings is 1. The van der Waals surface area contributed by atoms with Crippen molar-refractivity contribution >= 4 is 5.91 Å². The first-order valence-corrected chi connectivity index (χ1v) is 8.60. The van der Waals surface area contributed by atoms with Crippen LogP contribution < -0.4 is 0 Å². The van der Waals surface area contributed by atoms with Crippen LogP contribution in [-0.4, -0.2) is 33.5 Å². The van der Waals surface area contributed by atoms with E-state index in [4.69, 9.17) is 4.42 Å². The molecule has 0 radical (unpaired) electrons. The number of aromatic nitrogens is 1. The van der Waals surface area contributed by atoms with Gasteiger partial charge in [-0.1, -0.05) is 12.8 Å². The highest BCUT2D eigenvalue weighted by Crippen LogP contribution is 2.27. The van der Waals surface area contributed by atoms with E-state index in [0.717, 1.165) is 37.9 Å². The summed E-state index contributed by atoms with van der Waals surface area (Å²) in [6, 6.07) is 7.25. The van der Waals surface area contributed by atoms with Crippen molar-refractivity contribution in [3.8, 4) is 0 Å². The Hall–Kier alpha value is -2.14. The highest BCUT2D eigenvalue weighted by Gasteiger charge is 2.29. The van der Waals surface area contributed by atoms with E-state index in [9.17, 15) is 9.90 Å². The number of carbonyl (C=O) groups excluding carboxylic acids is 1. The Labute approximate surface area is 142 Å². The molecule has 0 unspecified atom stereocenters. The van der Waals surface area contributed by atoms with Crippen LogP contribution >= 0.6 is 0 Å². The van der Waals surface area contributed by atoms with Gasteiger partial charge in [0.2, 0.25) is 0 Å². The van der Waals surface area contributed by atoms with Gasteiger partial charge in [0.1, 0.15) is 11.9 Å². The van der Waals surface area contributed by atoms with E-state index in [0.29, 0.717) is 17.7 Å². The third-order valence-corrected chi connectivity index (χ3v) is 4.66. The van der Waals surface area contributed by atoms with Gasteiger partial charge in [0, 0.05) is 30.9 Å². The summed E-state index contributed by atoms with van der Waals surface area (Å²) in [4.78, 5) is 19.1. The Morgan fingerprint density at radius 2 is 2.25 bits per heavy atom. The second-order valence-electron chi connectivity index (χ2n) is 6.46. The van der Waals surface area contributed by atoms with Gasteiger partial charge in [-0.25, -0.2) is 0 Å². The molecule has 1 fully saturated rings. The van der Waals surface area contributed by atoms with Crippen LogP contribution in [0.4, 0.5) is 0 Å². The summed E-state index contributed by atoms with van der Waals surface area (Å²) in [5.41, 5.74) is 1.51. The van der Waals surface area contributed by atoms with Gasteiger partial charge in [-0.3, -0.25) is 9.78 Å². The highest BCUT2D eigenvalue weighted by atomic mass is 16.4. The van der Waals surface area contributed by atoms with Gasteiger partial charge < -0.3 is 14.4 Å². The number of aliphatic hydroxyl groups excluding tert-OH is 1. The number of nitrogens with zero attached hydrogens (tertiary/aromatic N) is 2. The monoisotopic (exact) mass is 328 g/mol. The number of amides is 1. The maximum absolute atomic E-state index is 12.9. The third-order valence-electron chi connectivity index (χ3n) is 4.66. The van der Waals surface area contributed by atoms with Crippen molar-refractivity contribution in [3.05, 3.63) is 53.7 Å². The Morgan fingerprint density at radius 3 is 2.96 bits per heavy atom. The number of rotatable bonds is 4. The standard InChI is InChI=1S/C19H24N2O3/c1-14-8-9-15(13-20-14)19(23)21-10-4-2-3-6-16(21)12-17(22)18-7-5-11-24-18/h5,7-9,11,13,16-17,22H,2-4,6,10,12H2,1H3/t16-,17-/m1/s1. The number of carbonyl (C=O) groups is 1. The van der Waals surface area contributed by atoms with E-state index in [1.165, 1.54) is 0 Å². The summed E-state index contributed by atoms with van der Waals surface area (Å²) < 4.78 is 5.30. The van der Waals surface area contributed by atoms with Crippen LogP contribution in [0.2, 0.25) is 0 Å². The summed E-state index contributed by atoms with van der Waals surface area (Å²) in [5.74, 6) is 0.560. The number of likely N-dealkylation sites (tertiary alicyclic amines) is 1. The largest absolute Gasteiger partial charge is 0.467 e. The van der Waals surface area contributed by atoms with E-state index in [1.54, 1.807) is 24.6 Å². The van der Waals surface area contributed by atoms with Gasteiger partial charge in [0.15, 0.2) is 0 Å².